The van der Waals surface area contributed by atoms with Crippen LogP contribution in [-0.4, -0.2) is 38.1 Å². The Morgan fingerprint density at radius 3 is 2.25 bits per heavy atom. The molecule has 0 N–H and O–H groups in total. The van der Waals surface area contributed by atoms with Crippen LogP contribution in [-0.2, 0) is 9.53 Å². The van der Waals surface area contributed by atoms with Gasteiger partial charge in [-0.25, -0.2) is 0 Å². The van der Waals surface area contributed by atoms with Gasteiger partial charge in [-0.2, -0.15) is 0 Å². The quantitative estimate of drug-likeness (QED) is 0.539. The molecule has 0 spiro atoms. The molecule has 0 saturated heterocycles. The Hall–Kier alpha value is -0.570. The lowest BCUT2D eigenvalue weighted by molar-refractivity contribution is -0.129. The van der Waals surface area contributed by atoms with Crippen molar-refractivity contribution in [3.63, 3.8) is 0 Å². The van der Waals surface area contributed by atoms with Gasteiger partial charge in [0.15, 0.2) is 0 Å². The molecule has 3 nitrogen and oxygen atoms in total. The smallest absolute Gasteiger partial charge is 0.224 e. The van der Waals surface area contributed by atoms with Gasteiger partial charge in [0.2, 0.25) is 5.91 Å². The third-order valence-electron chi connectivity index (χ3n) is 2.60. The van der Waals surface area contributed by atoms with Crippen molar-refractivity contribution in [2.75, 3.05) is 27.3 Å². The Labute approximate surface area is 100 Å². The second-order valence-corrected chi connectivity index (χ2v) is 4.42. The number of hydrogen-bond donors (Lipinski definition) is 0. The molecule has 0 bridgehead atoms. The summed E-state index contributed by atoms with van der Waals surface area (Å²) in [5, 5.41) is 0. The van der Waals surface area contributed by atoms with Crippen LogP contribution < -0.4 is 0 Å². The third kappa shape index (κ3) is 9.97. The monoisotopic (exact) mass is 229 g/mol. The van der Waals surface area contributed by atoms with Crippen LogP contribution in [0.4, 0.5) is 0 Å². The third-order valence-corrected chi connectivity index (χ3v) is 2.60. The standard InChI is InChI=1S/C13H27NO2/c1-4-5-6-7-8-9-11-16-12-10-13(15)14(2)3/h4-12H2,1-3H3. The van der Waals surface area contributed by atoms with Gasteiger partial charge in [-0.15, -0.1) is 0 Å². The Morgan fingerprint density at radius 1 is 1.00 bits per heavy atom. The second kappa shape index (κ2) is 10.9. The normalized spacial score (nSPS) is 10.4. The minimum Gasteiger partial charge on any atom is -0.381 e. The van der Waals surface area contributed by atoms with Crippen LogP contribution in [0.3, 0.4) is 0 Å². The Balaban J connectivity index is 3.07. The van der Waals surface area contributed by atoms with Crippen LogP contribution in [0.2, 0.25) is 0 Å². The summed E-state index contributed by atoms with van der Waals surface area (Å²) in [6, 6.07) is 0. The van der Waals surface area contributed by atoms with E-state index in [1.807, 2.05) is 0 Å². The van der Waals surface area contributed by atoms with Crippen LogP contribution in [0.1, 0.15) is 51.9 Å². The van der Waals surface area contributed by atoms with E-state index in [4.69, 9.17) is 4.74 Å². The molecular formula is C13H27NO2. The molecule has 1 amide bonds. The number of rotatable bonds is 10. The molecule has 0 unspecified atom stereocenters. The molecule has 0 aromatic rings. The lowest BCUT2D eigenvalue weighted by atomic mass is 10.1. The van der Waals surface area contributed by atoms with Crippen LogP contribution in [0.5, 0.6) is 0 Å². The summed E-state index contributed by atoms with van der Waals surface area (Å²) in [7, 11) is 3.55. The SMILES string of the molecule is CCCCCCCCOCCC(=O)N(C)C. The van der Waals surface area contributed by atoms with Crippen molar-refractivity contribution in [2.45, 2.75) is 51.9 Å². The summed E-state index contributed by atoms with van der Waals surface area (Å²) in [6.07, 6.45) is 8.18. The predicted molar refractivity (Wildman–Crippen MR) is 67.5 cm³/mol. The molecule has 0 aromatic heterocycles. The maximum absolute atomic E-state index is 11.2. The molecule has 0 aliphatic heterocycles. The summed E-state index contributed by atoms with van der Waals surface area (Å²) in [5.74, 6) is 0.142. The molecular weight excluding hydrogens is 202 g/mol. The number of unbranched alkanes of at least 4 members (excludes halogenated alkanes) is 5. The van der Waals surface area contributed by atoms with Crippen LogP contribution >= 0.6 is 0 Å². The molecule has 0 rings (SSSR count). The van der Waals surface area contributed by atoms with Gasteiger partial charge in [0, 0.05) is 20.7 Å². The van der Waals surface area contributed by atoms with E-state index in [9.17, 15) is 4.79 Å². The molecule has 0 heterocycles. The molecule has 96 valence electrons. The van der Waals surface area contributed by atoms with E-state index in [2.05, 4.69) is 6.92 Å². The molecule has 0 aliphatic carbocycles. The molecule has 0 aliphatic rings. The van der Waals surface area contributed by atoms with Gasteiger partial charge in [0.05, 0.1) is 13.0 Å². The molecule has 0 saturated carbocycles. The summed E-state index contributed by atoms with van der Waals surface area (Å²) >= 11 is 0. The van der Waals surface area contributed by atoms with Crippen LogP contribution in [0.25, 0.3) is 0 Å². The Kier molecular flexibility index (Phi) is 10.5. The topological polar surface area (TPSA) is 29.5 Å². The fraction of sp³-hybridized carbons (Fsp3) is 0.923. The van der Waals surface area contributed by atoms with E-state index < -0.39 is 0 Å². The van der Waals surface area contributed by atoms with Crippen LogP contribution in [0.15, 0.2) is 0 Å². The average Bonchev–Trinajstić information content (AvgIpc) is 2.26. The fourth-order valence-corrected chi connectivity index (χ4v) is 1.47. The number of ether oxygens (including phenoxy) is 1. The number of hydrogen-bond acceptors (Lipinski definition) is 2. The van der Waals surface area contributed by atoms with Crippen molar-refractivity contribution in [3.05, 3.63) is 0 Å². The van der Waals surface area contributed by atoms with Gasteiger partial charge in [-0.3, -0.25) is 4.79 Å². The van der Waals surface area contributed by atoms with E-state index in [1.54, 1.807) is 19.0 Å². The predicted octanol–water partition coefficient (Wildman–Crippen LogP) is 2.84. The van der Waals surface area contributed by atoms with Crippen molar-refractivity contribution in [2.24, 2.45) is 0 Å². The Bertz CT molecular complexity index is 169. The number of carbonyl (C=O) groups excluding carboxylic acids is 1. The first-order chi connectivity index (χ1) is 7.68. The molecule has 0 fully saturated rings. The van der Waals surface area contributed by atoms with Crippen LogP contribution in [0, 0.1) is 0 Å². The van der Waals surface area contributed by atoms with Crippen molar-refractivity contribution in [1.29, 1.82) is 0 Å². The first-order valence-corrected chi connectivity index (χ1v) is 6.46. The highest BCUT2D eigenvalue weighted by atomic mass is 16.5. The van der Waals surface area contributed by atoms with Gasteiger partial charge >= 0.3 is 0 Å². The maximum Gasteiger partial charge on any atom is 0.224 e. The molecule has 0 radical (unpaired) electrons. The van der Waals surface area contributed by atoms with E-state index in [-0.39, 0.29) is 5.91 Å². The van der Waals surface area contributed by atoms with Gasteiger partial charge in [-0.05, 0) is 6.42 Å². The fourth-order valence-electron chi connectivity index (χ4n) is 1.47. The van der Waals surface area contributed by atoms with E-state index >= 15 is 0 Å². The van der Waals surface area contributed by atoms with Crippen molar-refractivity contribution >= 4 is 5.91 Å². The second-order valence-electron chi connectivity index (χ2n) is 4.42. The maximum atomic E-state index is 11.2. The number of carbonyl (C=O) groups is 1. The van der Waals surface area contributed by atoms with Gasteiger partial charge in [0.1, 0.15) is 0 Å². The summed E-state index contributed by atoms with van der Waals surface area (Å²) in [6.45, 7) is 3.59. The first kappa shape index (κ1) is 15.4. The van der Waals surface area contributed by atoms with Crippen molar-refractivity contribution < 1.29 is 9.53 Å². The minimum absolute atomic E-state index is 0.142. The zero-order valence-corrected chi connectivity index (χ0v) is 11.1. The van der Waals surface area contributed by atoms with Crippen molar-refractivity contribution in [1.82, 2.24) is 4.90 Å². The van der Waals surface area contributed by atoms with Gasteiger partial charge in [0.25, 0.3) is 0 Å². The largest absolute Gasteiger partial charge is 0.381 e. The minimum atomic E-state index is 0.142. The first-order valence-electron chi connectivity index (χ1n) is 6.46. The van der Waals surface area contributed by atoms with E-state index in [1.165, 1.54) is 32.1 Å². The summed E-state index contributed by atoms with van der Waals surface area (Å²) in [5.41, 5.74) is 0. The highest BCUT2D eigenvalue weighted by Crippen LogP contribution is 2.04. The number of amides is 1. The summed E-state index contributed by atoms with van der Waals surface area (Å²) in [4.78, 5) is 12.8. The lowest BCUT2D eigenvalue weighted by Crippen LogP contribution is -2.22. The van der Waals surface area contributed by atoms with Gasteiger partial charge < -0.3 is 9.64 Å². The summed E-state index contributed by atoms with van der Waals surface area (Å²) < 4.78 is 5.41. The molecule has 16 heavy (non-hydrogen) atoms. The zero-order chi connectivity index (χ0) is 12.2. The van der Waals surface area contributed by atoms with E-state index in [0.717, 1.165) is 13.0 Å². The molecule has 0 atom stereocenters. The number of nitrogens with zero attached hydrogens (tertiary/aromatic N) is 1. The Morgan fingerprint density at radius 2 is 1.62 bits per heavy atom. The lowest BCUT2D eigenvalue weighted by Gasteiger charge is -2.10. The molecule has 3 heteroatoms. The van der Waals surface area contributed by atoms with Gasteiger partial charge in [-0.1, -0.05) is 39.0 Å². The van der Waals surface area contributed by atoms with Crippen molar-refractivity contribution in [3.8, 4) is 0 Å². The van der Waals surface area contributed by atoms with E-state index in [0.29, 0.717) is 13.0 Å². The zero-order valence-electron chi connectivity index (χ0n) is 11.1. The average molecular weight is 229 g/mol. The highest BCUT2D eigenvalue weighted by Gasteiger charge is 2.02. The molecule has 0 aromatic carbocycles. The highest BCUT2D eigenvalue weighted by molar-refractivity contribution is 5.75.